The third-order valence-corrected chi connectivity index (χ3v) is 5.66. The minimum atomic E-state index is -0.408. The summed E-state index contributed by atoms with van der Waals surface area (Å²) in [7, 11) is 1.66. The van der Waals surface area contributed by atoms with Gasteiger partial charge in [0.2, 0.25) is 0 Å². The molecule has 0 spiro atoms. The van der Waals surface area contributed by atoms with Gasteiger partial charge in [0.25, 0.3) is 5.91 Å². The first-order chi connectivity index (χ1) is 14.5. The molecule has 0 saturated carbocycles. The van der Waals surface area contributed by atoms with Gasteiger partial charge < -0.3 is 19.8 Å². The Hall–Kier alpha value is -2.80. The van der Waals surface area contributed by atoms with E-state index >= 15 is 0 Å². The van der Waals surface area contributed by atoms with E-state index in [0.29, 0.717) is 35.7 Å². The predicted molar refractivity (Wildman–Crippen MR) is 115 cm³/mol. The van der Waals surface area contributed by atoms with Gasteiger partial charge >= 0.3 is 5.97 Å². The van der Waals surface area contributed by atoms with E-state index in [1.165, 1.54) is 0 Å². The van der Waals surface area contributed by atoms with Crippen molar-refractivity contribution in [2.75, 3.05) is 33.4 Å². The summed E-state index contributed by atoms with van der Waals surface area (Å²) in [4.78, 5) is 30.6. The number of rotatable bonds is 8. The third-order valence-electron chi connectivity index (χ3n) is 5.66. The van der Waals surface area contributed by atoms with Crippen molar-refractivity contribution in [1.82, 2.24) is 15.2 Å². The molecule has 0 radical (unpaired) electrons. The van der Waals surface area contributed by atoms with Gasteiger partial charge in [0.15, 0.2) is 0 Å². The number of amides is 1. The number of carbonyl (C=O) groups is 2. The average Bonchev–Trinajstić information content (AvgIpc) is 3.36. The highest BCUT2D eigenvalue weighted by molar-refractivity contribution is 6.00. The molecule has 2 aromatic rings. The molecule has 0 unspecified atom stereocenters. The maximum Gasteiger partial charge on any atom is 0.340 e. The first-order valence-electron chi connectivity index (χ1n) is 10.5. The molecule has 2 N–H and O–H groups in total. The Morgan fingerprint density at radius 3 is 2.63 bits per heavy atom. The van der Waals surface area contributed by atoms with Crippen molar-refractivity contribution in [3.63, 3.8) is 0 Å². The van der Waals surface area contributed by atoms with Crippen LogP contribution in [0.5, 0.6) is 5.75 Å². The van der Waals surface area contributed by atoms with E-state index in [-0.39, 0.29) is 11.9 Å². The van der Waals surface area contributed by atoms with Crippen LogP contribution >= 0.6 is 0 Å². The first kappa shape index (κ1) is 21.9. The van der Waals surface area contributed by atoms with Crippen molar-refractivity contribution in [2.45, 2.75) is 39.7 Å². The molecule has 1 atom stereocenters. The Bertz CT molecular complexity index is 900. The summed E-state index contributed by atoms with van der Waals surface area (Å²) in [5.41, 5.74) is 3.21. The van der Waals surface area contributed by atoms with Gasteiger partial charge in [-0.2, -0.15) is 0 Å². The van der Waals surface area contributed by atoms with Crippen LogP contribution in [-0.4, -0.2) is 55.1 Å². The molecule has 1 aromatic carbocycles. The lowest BCUT2D eigenvalue weighted by Gasteiger charge is -2.28. The van der Waals surface area contributed by atoms with Crippen LogP contribution in [0.2, 0.25) is 0 Å². The molecular weight excluding hydrogens is 382 g/mol. The summed E-state index contributed by atoms with van der Waals surface area (Å²) in [5, 5.41) is 3.06. The number of aryl methyl sites for hydroxylation is 1. The van der Waals surface area contributed by atoms with Gasteiger partial charge in [-0.3, -0.25) is 9.69 Å². The molecule has 2 heterocycles. The molecule has 0 aliphatic carbocycles. The number of ether oxygens (including phenoxy) is 2. The molecule has 162 valence electrons. The number of aromatic nitrogens is 1. The zero-order valence-electron chi connectivity index (χ0n) is 18.2. The van der Waals surface area contributed by atoms with Crippen molar-refractivity contribution in [2.24, 2.45) is 0 Å². The van der Waals surface area contributed by atoms with Crippen molar-refractivity contribution in [3.8, 4) is 5.75 Å². The zero-order valence-corrected chi connectivity index (χ0v) is 18.2. The van der Waals surface area contributed by atoms with Crippen molar-refractivity contribution in [3.05, 3.63) is 52.3 Å². The van der Waals surface area contributed by atoms with E-state index in [2.05, 4.69) is 21.3 Å². The number of H-pyrrole nitrogens is 1. The fraction of sp³-hybridized carbons (Fsp3) is 0.478. The third kappa shape index (κ3) is 4.67. The zero-order chi connectivity index (χ0) is 21.7. The van der Waals surface area contributed by atoms with E-state index in [1.807, 2.05) is 18.2 Å². The lowest BCUT2D eigenvalue weighted by atomic mass is 10.0. The lowest BCUT2D eigenvalue weighted by Crippen LogP contribution is -2.37. The fourth-order valence-corrected chi connectivity index (χ4v) is 4.12. The van der Waals surface area contributed by atoms with E-state index in [9.17, 15) is 9.59 Å². The number of hydrogen-bond donors (Lipinski definition) is 2. The van der Waals surface area contributed by atoms with Crippen LogP contribution in [0.15, 0.2) is 24.3 Å². The smallest absolute Gasteiger partial charge is 0.340 e. The Labute approximate surface area is 177 Å². The van der Waals surface area contributed by atoms with Crippen LogP contribution in [0.25, 0.3) is 0 Å². The Morgan fingerprint density at radius 1 is 1.23 bits per heavy atom. The Morgan fingerprint density at radius 2 is 1.97 bits per heavy atom. The second-order valence-electron chi connectivity index (χ2n) is 7.59. The van der Waals surface area contributed by atoms with E-state index in [4.69, 9.17) is 9.47 Å². The summed E-state index contributed by atoms with van der Waals surface area (Å²) in [6.07, 6.45) is 2.32. The number of hydrogen-bond acceptors (Lipinski definition) is 5. The van der Waals surface area contributed by atoms with Gasteiger partial charge in [0, 0.05) is 12.2 Å². The van der Waals surface area contributed by atoms with Crippen LogP contribution in [0.4, 0.5) is 0 Å². The summed E-state index contributed by atoms with van der Waals surface area (Å²) in [6.45, 7) is 8.08. The summed E-state index contributed by atoms with van der Waals surface area (Å²) >= 11 is 0. The monoisotopic (exact) mass is 413 g/mol. The van der Waals surface area contributed by atoms with Crippen LogP contribution in [0, 0.1) is 13.8 Å². The number of aromatic amines is 1. The van der Waals surface area contributed by atoms with Gasteiger partial charge in [-0.25, -0.2) is 4.79 Å². The van der Waals surface area contributed by atoms with E-state index in [0.717, 1.165) is 37.2 Å². The number of benzene rings is 1. The van der Waals surface area contributed by atoms with Gasteiger partial charge in [0.05, 0.1) is 25.3 Å². The predicted octanol–water partition coefficient (Wildman–Crippen LogP) is 3.38. The number of nitrogens with one attached hydrogen (secondary N) is 2. The maximum atomic E-state index is 12.9. The molecule has 1 saturated heterocycles. The number of carbonyl (C=O) groups excluding carboxylic acids is 2. The van der Waals surface area contributed by atoms with Crippen LogP contribution in [0.1, 0.15) is 63.5 Å². The number of likely N-dealkylation sites (tertiary alicyclic amines) is 1. The summed E-state index contributed by atoms with van der Waals surface area (Å²) in [6, 6.07) is 8.06. The molecule has 30 heavy (non-hydrogen) atoms. The molecule has 3 rings (SSSR count). The highest BCUT2D eigenvalue weighted by Crippen LogP contribution is 2.27. The molecule has 1 aromatic heterocycles. The second kappa shape index (κ2) is 9.80. The normalized spacial score (nSPS) is 15.1. The fourth-order valence-electron chi connectivity index (χ4n) is 4.12. The Kier molecular flexibility index (Phi) is 7.15. The topological polar surface area (TPSA) is 83.7 Å². The summed E-state index contributed by atoms with van der Waals surface area (Å²) < 4.78 is 10.5. The molecule has 7 nitrogen and oxygen atoms in total. The minimum Gasteiger partial charge on any atom is -0.497 e. The largest absolute Gasteiger partial charge is 0.497 e. The molecule has 7 heteroatoms. The Balaban J connectivity index is 1.78. The SMILES string of the molecule is CCOC(=O)c1c(C)[nH]c(C(=O)NC[C@H](c2cccc(OC)c2)N2CCCC2)c1C. The average molecular weight is 414 g/mol. The second-order valence-corrected chi connectivity index (χ2v) is 7.59. The molecular formula is C23H31N3O4. The highest BCUT2D eigenvalue weighted by Gasteiger charge is 2.26. The minimum absolute atomic E-state index is 0.0624. The first-order valence-corrected chi connectivity index (χ1v) is 10.5. The van der Waals surface area contributed by atoms with Gasteiger partial charge in [-0.05, 0) is 70.0 Å². The van der Waals surface area contributed by atoms with Gasteiger partial charge in [-0.1, -0.05) is 12.1 Å². The van der Waals surface area contributed by atoms with E-state index < -0.39 is 5.97 Å². The van der Waals surface area contributed by atoms with Crippen molar-refractivity contribution < 1.29 is 19.1 Å². The number of esters is 1. The van der Waals surface area contributed by atoms with Gasteiger partial charge in [-0.15, -0.1) is 0 Å². The standard InChI is InChI=1S/C23H31N3O4/c1-5-30-23(28)20-15(2)21(25-16(20)3)22(27)24-14-19(26-11-6-7-12-26)17-9-8-10-18(13-17)29-4/h8-10,13,19,25H,5-7,11-12,14H2,1-4H3,(H,24,27)/t19-/m1/s1. The molecule has 1 amide bonds. The van der Waals surface area contributed by atoms with Crippen LogP contribution in [0.3, 0.4) is 0 Å². The lowest BCUT2D eigenvalue weighted by molar-refractivity contribution is 0.0525. The van der Waals surface area contributed by atoms with E-state index in [1.54, 1.807) is 27.9 Å². The number of nitrogens with zero attached hydrogens (tertiary/aromatic N) is 1. The maximum absolute atomic E-state index is 12.9. The molecule has 1 aliphatic rings. The van der Waals surface area contributed by atoms with Crippen LogP contribution in [-0.2, 0) is 4.74 Å². The number of methoxy groups -OCH3 is 1. The van der Waals surface area contributed by atoms with Crippen LogP contribution < -0.4 is 10.1 Å². The van der Waals surface area contributed by atoms with Gasteiger partial charge in [0.1, 0.15) is 11.4 Å². The molecule has 1 fully saturated rings. The van der Waals surface area contributed by atoms with Crippen molar-refractivity contribution in [1.29, 1.82) is 0 Å². The quantitative estimate of drug-likeness (QED) is 0.648. The highest BCUT2D eigenvalue weighted by atomic mass is 16.5. The van der Waals surface area contributed by atoms with Crippen molar-refractivity contribution >= 4 is 11.9 Å². The molecule has 0 bridgehead atoms. The molecule has 1 aliphatic heterocycles. The summed E-state index contributed by atoms with van der Waals surface area (Å²) in [5.74, 6) is 0.172.